The molecule has 1 aliphatic carbocycles. The van der Waals surface area contributed by atoms with E-state index < -0.39 is 0 Å². The van der Waals surface area contributed by atoms with Gasteiger partial charge in [0.2, 0.25) is 5.91 Å². The van der Waals surface area contributed by atoms with E-state index in [1.807, 2.05) is 0 Å². The van der Waals surface area contributed by atoms with Gasteiger partial charge >= 0.3 is 0 Å². The number of amides is 2. The van der Waals surface area contributed by atoms with Gasteiger partial charge in [-0.3, -0.25) is 9.59 Å². The van der Waals surface area contributed by atoms with E-state index in [2.05, 4.69) is 38.9 Å². The van der Waals surface area contributed by atoms with Gasteiger partial charge in [-0.15, -0.1) is 10.2 Å². The van der Waals surface area contributed by atoms with Crippen LogP contribution in [0.3, 0.4) is 0 Å². The molecule has 1 N–H and O–H groups in total. The van der Waals surface area contributed by atoms with E-state index in [4.69, 9.17) is 0 Å². The molecular formula is C17H24N6O2S2. The normalized spacial score (nSPS) is 13.9. The van der Waals surface area contributed by atoms with E-state index in [0.717, 1.165) is 23.8 Å². The van der Waals surface area contributed by atoms with Crippen LogP contribution < -0.4 is 5.32 Å². The second-order valence-electron chi connectivity index (χ2n) is 7.05. The molecule has 2 heterocycles. The number of anilines is 1. The molecule has 146 valence electrons. The fraction of sp³-hybridized carbons (Fsp3) is 0.588. The second kappa shape index (κ2) is 7.97. The molecule has 0 aliphatic heterocycles. The summed E-state index contributed by atoms with van der Waals surface area (Å²) >= 11 is 2.56. The summed E-state index contributed by atoms with van der Waals surface area (Å²) in [5.41, 5.74) is 0.621. The summed E-state index contributed by atoms with van der Waals surface area (Å²) in [5, 5.41) is 12.6. The molecule has 0 bridgehead atoms. The van der Waals surface area contributed by atoms with Gasteiger partial charge in [-0.1, -0.05) is 23.1 Å². The SMILES string of the molecule is Cc1nc(NC(=O)CSc2nnc(C3CC3)n2C(C)C)sc1C(=O)N(C)C. The summed E-state index contributed by atoms with van der Waals surface area (Å²) < 4.78 is 2.12. The number of hydrogen-bond acceptors (Lipinski definition) is 7. The lowest BCUT2D eigenvalue weighted by Crippen LogP contribution is -2.21. The first-order valence-electron chi connectivity index (χ1n) is 8.84. The monoisotopic (exact) mass is 408 g/mol. The van der Waals surface area contributed by atoms with Gasteiger partial charge in [-0.05, 0) is 33.6 Å². The topological polar surface area (TPSA) is 93.0 Å². The number of hydrogen-bond donors (Lipinski definition) is 1. The zero-order valence-electron chi connectivity index (χ0n) is 16.1. The highest BCUT2D eigenvalue weighted by Crippen LogP contribution is 2.41. The molecule has 1 fully saturated rings. The van der Waals surface area contributed by atoms with E-state index in [1.165, 1.54) is 28.0 Å². The maximum atomic E-state index is 12.3. The molecule has 2 amide bonds. The number of nitrogens with one attached hydrogen (secondary N) is 1. The number of thioether (sulfide) groups is 1. The van der Waals surface area contributed by atoms with E-state index in [0.29, 0.717) is 21.6 Å². The summed E-state index contributed by atoms with van der Waals surface area (Å²) in [6.45, 7) is 5.96. The lowest BCUT2D eigenvalue weighted by Gasteiger charge is -2.13. The van der Waals surface area contributed by atoms with Gasteiger partial charge in [-0.25, -0.2) is 4.98 Å². The van der Waals surface area contributed by atoms with Crippen molar-refractivity contribution in [2.75, 3.05) is 25.2 Å². The van der Waals surface area contributed by atoms with Gasteiger partial charge < -0.3 is 14.8 Å². The molecule has 2 aromatic rings. The molecule has 10 heteroatoms. The molecule has 0 radical (unpaired) electrons. The highest BCUT2D eigenvalue weighted by molar-refractivity contribution is 7.99. The number of aryl methyl sites for hydroxylation is 1. The van der Waals surface area contributed by atoms with Crippen LogP contribution in [0.25, 0.3) is 0 Å². The Morgan fingerprint density at radius 1 is 1.33 bits per heavy atom. The van der Waals surface area contributed by atoms with Crippen molar-refractivity contribution in [1.29, 1.82) is 0 Å². The van der Waals surface area contributed by atoms with Crippen LogP contribution in [-0.4, -0.2) is 56.3 Å². The number of aromatic nitrogens is 4. The third kappa shape index (κ3) is 4.49. The summed E-state index contributed by atoms with van der Waals surface area (Å²) in [6.07, 6.45) is 2.32. The quantitative estimate of drug-likeness (QED) is 0.708. The van der Waals surface area contributed by atoms with Gasteiger partial charge in [-0.2, -0.15) is 0 Å². The predicted octanol–water partition coefficient (Wildman–Crippen LogP) is 2.93. The van der Waals surface area contributed by atoms with Crippen molar-refractivity contribution >= 4 is 40.0 Å². The first-order valence-corrected chi connectivity index (χ1v) is 10.6. The smallest absolute Gasteiger partial charge is 0.265 e. The minimum atomic E-state index is -0.177. The molecule has 2 aromatic heterocycles. The lowest BCUT2D eigenvalue weighted by atomic mass is 10.3. The standard InChI is InChI=1S/C17H24N6O2S2/c1-9(2)23-14(11-6-7-11)20-21-17(23)26-8-12(24)19-16-18-10(3)13(27-16)15(25)22(4)5/h9,11H,6-8H2,1-5H3,(H,18,19,24). The Hall–Kier alpha value is -1.94. The van der Waals surface area contributed by atoms with Gasteiger partial charge in [0, 0.05) is 26.1 Å². The number of thiazole rings is 1. The van der Waals surface area contributed by atoms with Crippen molar-refractivity contribution in [2.24, 2.45) is 0 Å². The van der Waals surface area contributed by atoms with Crippen LogP contribution >= 0.6 is 23.1 Å². The van der Waals surface area contributed by atoms with Crippen LogP contribution in [0.1, 0.15) is 59.8 Å². The first kappa shape index (κ1) is 19.8. The molecule has 0 unspecified atom stereocenters. The molecule has 0 aromatic carbocycles. The van der Waals surface area contributed by atoms with Crippen LogP contribution in [0, 0.1) is 6.92 Å². The molecule has 27 heavy (non-hydrogen) atoms. The van der Waals surface area contributed by atoms with E-state index in [9.17, 15) is 9.59 Å². The van der Waals surface area contributed by atoms with E-state index in [-0.39, 0.29) is 23.6 Å². The van der Waals surface area contributed by atoms with Crippen molar-refractivity contribution in [1.82, 2.24) is 24.6 Å². The molecule has 3 rings (SSSR count). The van der Waals surface area contributed by atoms with Gasteiger partial charge in [0.15, 0.2) is 10.3 Å². The third-order valence-electron chi connectivity index (χ3n) is 4.13. The summed E-state index contributed by atoms with van der Waals surface area (Å²) in [7, 11) is 3.38. The minimum absolute atomic E-state index is 0.113. The predicted molar refractivity (Wildman–Crippen MR) is 107 cm³/mol. The van der Waals surface area contributed by atoms with Gasteiger partial charge in [0.05, 0.1) is 11.4 Å². The summed E-state index contributed by atoms with van der Waals surface area (Å²) in [5.74, 6) is 1.45. The molecule has 8 nitrogen and oxygen atoms in total. The minimum Gasteiger partial charge on any atom is -0.344 e. The van der Waals surface area contributed by atoms with E-state index in [1.54, 1.807) is 21.0 Å². The van der Waals surface area contributed by atoms with Crippen molar-refractivity contribution in [3.8, 4) is 0 Å². The Morgan fingerprint density at radius 2 is 2.04 bits per heavy atom. The number of carbonyl (C=O) groups is 2. The highest BCUT2D eigenvalue weighted by Gasteiger charge is 2.31. The Labute approximate surface area is 166 Å². The van der Waals surface area contributed by atoms with Crippen LogP contribution in [-0.2, 0) is 4.79 Å². The number of nitrogens with zero attached hydrogens (tertiary/aromatic N) is 5. The average molecular weight is 409 g/mol. The number of rotatable bonds is 7. The fourth-order valence-electron chi connectivity index (χ4n) is 2.63. The molecule has 0 saturated heterocycles. The van der Waals surface area contributed by atoms with Crippen molar-refractivity contribution in [3.05, 3.63) is 16.4 Å². The zero-order valence-corrected chi connectivity index (χ0v) is 17.8. The molecular weight excluding hydrogens is 384 g/mol. The fourth-order valence-corrected chi connectivity index (χ4v) is 4.51. The van der Waals surface area contributed by atoms with Crippen molar-refractivity contribution in [2.45, 2.75) is 50.7 Å². The Bertz CT molecular complexity index is 854. The first-order chi connectivity index (χ1) is 12.8. The summed E-state index contributed by atoms with van der Waals surface area (Å²) in [6, 6.07) is 0.252. The molecule has 1 aliphatic rings. The molecule has 0 spiro atoms. The molecule has 1 saturated carbocycles. The lowest BCUT2D eigenvalue weighted by molar-refractivity contribution is -0.113. The van der Waals surface area contributed by atoms with Crippen molar-refractivity contribution < 1.29 is 9.59 Å². The maximum absolute atomic E-state index is 12.3. The highest BCUT2D eigenvalue weighted by atomic mass is 32.2. The van der Waals surface area contributed by atoms with Crippen LogP contribution in [0.5, 0.6) is 0 Å². The number of carbonyl (C=O) groups excluding carboxylic acids is 2. The third-order valence-corrected chi connectivity index (χ3v) is 6.13. The largest absolute Gasteiger partial charge is 0.344 e. The van der Waals surface area contributed by atoms with E-state index >= 15 is 0 Å². The Morgan fingerprint density at radius 3 is 2.63 bits per heavy atom. The summed E-state index contributed by atoms with van der Waals surface area (Å²) in [4.78, 5) is 30.8. The van der Waals surface area contributed by atoms with Crippen molar-refractivity contribution in [3.63, 3.8) is 0 Å². The molecule has 0 atom stereocenters. The Kier molecular flexibility index (Phi) is 5.85. The maximum Gasteiger partial charge on any atom is 0.265 e. The zero-order chi connectivity index (χ0) is 19.7. The Balaban J connectivity index is 1.62. The van der Waals surface area contributed by atoms with Gasteiger partial charge in [0.25, 0.3) is 5.91 Å². The van der Waals surface area contributed by atoms with Gasteiger partial charge in [0.1, 0.15) is 10.7 Å². The van der Waals surface area contributed by atoms with Crippen LogP contribution in [0.2, 0.25) is 0 Å². The van der Waals surface area contributed by atoms with Crippen LogP contribution in [0.4, 0.5) is 5.13 Å². The van der Waals surface area contributed by atoms with Crippen LogP contribution in [0.15, 0.2) is 5.16 Å². The average Bonchev–Trinajstić information content (AvgIpc) is 3.25. The second-order valence-corrected chi connectivity index (χ2v) is 8.99.